The number of carbonyl (C=O) groups is 1. The van der Waals surface area contributed by atoms with E-state index in [9.17, 15) is 9.18 Å². The number of rotatable bonds is 6. The zero-order chi connectivity index (χ0) is 20.1. The number of anilines is 1. The van der Waals surface area contributed by atoms with Crippen LogP contribution < -0.4 is 5.32 Å². The number of piperidine rings is 1. The van der Waals surface area contributed by atoms with Gasteiger partial charge in [0.15, 0.2) is 0 Å². The van der Waals surface area contributed by atoms with Gasteiger partial charge in [0, 0.05) is 31.2 Å². The number of hydrogen-bond donors (Lipinski definition) is 1. The van der Waals surface area contributed by atoms with E-state index in [4.69, 9.17) is 0 Å². The molecule has 2 aromatic carbocycles. The summed E-state index contributed by atoms with van der Waals surface area (Å²) in [6.07, 6.45) is 6.72. The highest BCUT2D eigenvalue weighted by Crippen LogP contribution is 2.28. The molecule has 0 saturated carbocycles. The van der Waals surface area contributed by atoms with Crippen LogP contribution in [-0.2, 0) is 6.42 Å². The molecule has 0 unspecified atom stereocenters. The van der Waals surface area contributed by atoms with Gasteiger partial charge in [-0.1, -0.05) is 30.3 Å². The lowest BCUT2D eigenvalue weighted by Crippen LogP contribution is -2.36. The Morgan fingerprint density at radius 2 is 1.86 bits per heavy atom. The van der Waals surface area contributed by atoms with Crippen LogP contribution in [0.3, 0.4) is 0 Å². The molecule has 150 valence electrons. The Labute approximate surface area is 170 Å². The molecule has 5 heteroatoms. The van der Waals surface area contributed by atoms with Gasteiger partial charge in [0.2, 0.25) is 0 Å². The Hall–Kier alpha value is -2.95. The minimum absolute atomic E-state index is 0.0195. The minimum atomic E-state index is -0.325. The quantitative estimate of drug-likeness (QED) is 0.599. The molecular formula is C24H26FN3O. The number of halogens is 1. The fraction of sp³-hybridized carbons (Fsp3) is 0.333. The van der Waals surface area contributed by atoms with E-state index in [0.29, 0.717) is 28.7 Å². The molecule has 0 spiro atoms. The van der Waals surface area contributed by atoms with Crippen LogP contribution in [0, 0.1) is 5.82 Å². The van der Waals surface area contributed by atoms with Gasteiger partial charge in [0.1, 0.15) is 5.82 Å². The molecule has 4 nitrogen and oxygen atoms in total. The van der Waals surface area contributed by atoms with Crippen molar-refractivity contribution < 1.29 is 9.18 Å². The smallest absolute Gasteiger partial charge is 0.257 e. The zero-order valence-electron chi connectivity index (χ0n) is 16.5. The first-order valence-corrected chi connectivity index (χ1v) is 10.4. The average molecular weight is 391 g/mol. The van der Waals surface area contributed by atoms with Crippen molar-refractivity contribution in [1.29, 1.82) is 0 Å². The zero-order valence-corrected chi connectivity index (χ0v) is 16.5. The number of nitrogens with one attached hydrogen (secondary N) is 1. The summed E-state index contributed by atoms with van der Waals surface area (Å²) in [4.78, 5) is 19.5. The second-order valence-corrected chi connectivity index (χ2v) is 7.58. The van der Waals surface area contributed by atoms with Crippen molar-refractivity contribution in [2.75, 3.05) is 25.0 Å². The number of likely N-dealkylation sites (tertiary alicyclic amines) is 1. The summed E-state index contributed by atoms with van der Waals surface area (Å²) >= 11 is 0. The largest absolute Gasteiger partial charge is 0.384 e. The van der Waals surface area contributed by atoms with Crippen molar-refractivity contribution in [2.45, 2.75) is 32.1 Å². The summed E-state index contributed by atoms with van der Waals surface area (Å²) in [5.41, 5.74) is 3.19. The van der Waals surface area contributed by atoms with Crippen LogP contribution in [0.4, 0.5) is 10.1 Å². The van der Waals surface area contributed by atoms with Crippen LogP contribution in [0.5, 0.6) is 0 Å². The first-order valence-electron chi connectivity index (χ1n) is 10.4. The molecule has 3 aromatic rings. The maximum absolute atomic E-state index is 14.0. The van der Waals surface area contributed by atoms with Crippen LogP contribution in [0.1, 0.15) is 41.6 Å². The predicted octanol–water partition coefficient (Wildman–Crippen LogP) is 5.04. The Kier molecular flexibility index (Phi) is 6.03. The molecule has 1 aliphatic heterocycles. The van der Waals surface area contributed by atoms with E-state index >= 15 is 0 Å². The number of aryl methyl sites for hydroxylation is 1. The van der Waals surface area contributed by atoms with Gasteiger partial charge < -0.3 is 10.2 Å². The van der Waals surface area contributed by atoms with Crippen molar-refractivity contribution in [2.24, 2.45) is 0 Å². The monoisotopic (exact) mass is 391 g/mol. The molecular weight excluding hydrogens is 365 g/mol. The fourth-order valence-electron chi connectivity index (χ4n) is 3.94. The molecule has 0 bridgehead atoms. The number of nitrogens with zero attached hydrogens (tertiary/aromatic N) is 2. The van der Waals surface area contributed by atoms with E-state index in [1.165, 1.54) is 17.7 Å². The van der Waals surface area contributed by atoms with E-state index in [-0.39, 0.29) is 11.7 Å². The number of hydrogen-bond acceptors (Lipinski definition) is 3. The van der Waals surface area contributed by atoms with Crippen LogP contribution in [0.25, 0.3) is 10.9 Å². The molecule has 0 aliphatic carbocycles. The Morgan fingerprint density at radius 1 is 1.07 bits per heavy atom. The molecule has 4 rings (SSSR count). The summed E-state index contributed by atoms with van der Waals surface area (Å²) in [6.45, 7) is 2.24. The van der Waals surface area contributed by atoms with Crippen molar-refractivity contribution in [3.63, 3.8) is 0 Å². The van der Waals surface area contributed by atoms with Gasteiger partial charge >= 0.3 is 0 Å². The fourth-order valence-corrected chi connectivity index (χ4v) is 3.94. The van der Waals surface area contributed by atoms with Crippen molar-refractivity contribution in [1.82, 2.24) is 9.88 Å². The SMILES string of the molecule is O=C(c1cnc2ccc(F)cc2c1NCCCc1ccccc1)N1CCCCC1. The number of pyridine rings is 1. The summed E-state index contributed by atoms with van der Waals surface area (Å²) in [7, 11) is 0. The van der Waals surface area contributed by atoms with Gasteiger partial charge in [0.25, 0.3) is 5.91 Å². The Balaban J connectivity index is 1.58. The molecule has 0 radical (unpaired) electrons. The standard InChI is InChI=1S/C24H26FN3O/c25-19-11-12-22-20(16-19)23(26-13-7-10-18-8-3-1-4-9-18)21(17-27-22)24(29)28-14-5-2-6-15-28/h1,3-4,8-9,11-12,16-17H,2,5-7,10,13-15H2,(H,26,27). The molecule has 0 atom stereocenters. The molecule has 1 N–H and O–H groups in total. The molecule has 1 fully saturated rings. The van der Waals surface area contributed by atoms with Gasteiger partial charge in [0.05, 0.1) is 16.8 Å². The topological polar surface area (TPSA) is 45.2 Å². The molecule has 1 saturated heterocycles. The van der Waals surface area contributed by atoms with Gasteiger partial charge in [-0.3, -0.25) is 9.78 Å². The Morgan fingerprint density at radius 3 is 2.66 bits per heavy atom. The van der Waals surface area contributed by atoms with Gasteiger partial charge in [-0.05, 0) is 55.9 Å². The summed E-state index contributed by atoms with van der Waals surface area (Å²) in [5, 5.41) is 4.08. The highest BCUT2D eigenvalue weighted by molar-refractivity contribution is 6.07. The number of amides is 1. The van der Waals surface area contributed by atoms with Gasteiger partial charge in [-0.2, -0.15) is 0 Å². The second-order valence-electron chi connectivity index (χ2n) is 7.58. The maximum Gasteiger partial charge on any atom is 0.257 e. The van der Waals surface area contributed by atoms with Crippen molar-refractivity contribution in [3.8, 4) is 0 Å². The normalized spacial score (nSPS) is 14.2. The lowest BCUT2D eigenvalue weighted by Gasteiger charge is -2.27. The first kappa shape index (κ1) is 19.4. The molecule has 1 aliphatic rings. The third kappa shape index (κ3) is 4.56. The number of carbonyl (C=O) groups excluding carboxylic acids is 1. The van der Waals surface area contributed by atoms with Crippen LogP contribution in [-0.4, -0.2) is 35.4 Å². The molecule has 1 aromatic heterocycles. The lowest BCUT2D eigenvalue weighted by molar-refractivity contribution is 0.0725. The summed E-state index contributed by atoms with van der Waals surface area (Å²) in [5.74, 6) is -0.344. The predicted molar refractivity (Wildman–Crippen MR) is 115 cm³/mol. The molecule has 2 heterocycles. The first-order chi connectivity index (χ1) is 14.2. The number of fused-ring (bicyclic) bond motifs is 1. The van der Waals surface area contributed by atoms with Crippen LogP contribution in [0.15, 0.2) is 54.7 Å². The third-order valence-electron chi connectivity index (χ3n) is 5.49. The van der Waals surface area contributed by atoms with Crippen LogP contribution >= 0.6 is 0 Å². The van der Waals surface area contributed by atoms with Crippen LogP contribution in [0.2, 0.25) is 0 Å². The van der Waals surface area contributed by atoms with Crippen molar-refractivity contribution >= 4 is 22.5 Å². The Bertz CT molecular complexity index is 984. The number of benzene rings is 2. The number of aromatic nitrogens is 1. The van der Waals surface area contributed by atoms with E-state index < -0.39 is 0 Å². The second kappa shape index (κ2) is 9.03. The lowest BCUT2D eigenvalue weighted by atomic mass is 10.1. The third-order valence-corrected chi connectivity index (χ3v) is 5.49. The summed E-state index contributed by atoms with van der Waals surface area (Å²) < 4.78 is 14.0. The highest BCUT2D eigenvalue weighted by Gasteiger charge is 2.22. The van der Waals surface area contributed by atoms with E-state index in [1.54, 1.807) is 12.3 Å². The van der Waals surface area contributed by atoms with E-state index in [2.05, 4.69) is 22.4 Å². The molecule has 1 amide bonds. The van der Waals surface area contributed by atoms with E-state index in [1.807, 2.05) is 23.1 Å². The highest BCUT2D eigenvalue weighted by atomic mass is 19.1. The van der Waals surface area contributed by atoms with E-state index in [0.717, 1.165) is 45.2 Å². The van der Waals surface area contributed by atoms with Gasteiger partial charge in [-0.15, -0.1) is 0 Å². The van der Waals surface area contributed by atoms with Gasteiger partial charge in [-0.25, -0.2) is 4.39 Å². The average Bonchev–Trinajstić information content (AvgIpc) is 2.77. The minimum Gasteiger partial charge on any atom is -0.384 e. The van der Waals surface area contributed by atoms with Crippen molar-refractivity contribution in [3.05, 3.63) is 71.7 Å². The maximum atomic E-state index is 14.0. The summed E-state index contributed by atoms with van der Waals surface area (Å²) in [6, 6.07) is 14.8. The molecule has 29 heavy (non-hydrogen) atoms.